The molecule has 2 N–H and O–H groups in total. The number of nitrogens with one attached hydrogen (secondary N) is 2. The van der Waals surface area contributed by atoms with Gasteiger partial charge in [-0.1, -0.05) is 36.4 Å². The third-order valence-corrected chi connectivity index (χ3v) is 5.10. The highest BCUT2D eigenvalue weighted by Gasteiger charge is 2.16. The first kappa shape index (κ1) is 26.4. The Labute approximate surface area is 221 Å². The van der Waals surface area contributed by atoms with Gasteiger partial charge < -0.3 is 14.8 Å². The number of anilines is 1. The SMILES string of the molecule is O=C(NN=Cc1ccc(OC(=O)c2ccccc2)cc1OC(=O)c1ccccc1)C(=O)Nc1ccc(F)cc1. The summed E-state index contributed by atoms with van der Waals surface area (Å²) in [5.41, 5.74) is 3.12. The molecular weight excluding hydrogens is 505 g/mol. The van der Waals surface area contributed by atoms with Gasteiger partial charge in [-0.3, -0.25) is 9.59 Å². The second kappa shape index (κ2) is 12.5. The second-order valence-corrected chi connectivity index (χ2v) is 7.87. The predicted molar refractivity (Wildman–Crippen MR) is 140 cm³/mol. The number of nitrogens with zero attached hydrogens (tertiary/aromatic N) is 1. The fourth-order valence-electron chi connectivity index (χ4n) is 3.18. The van der Waals surface area contributed by atoms with Gasteiger partial charge >= 0.3 is 23.8 Å². The number of esters is 2. The average Bonchev–Trinajstić information content (AvgIpc) is 2.96. The lowest BCUT2D eigenvalue weighted by atomic mass is 10.2. The lowest BCUT2D eigenvalue weighted by Crippen LogP contribution is -2.32. The Morgan fingerprint density at radius 1 is 0.692 bits per heavy atom. The summed E-state index contributed by atoms with van der Waals surface area (Å²) in [6.07, 6.45) is 1.15. The van der Waals surface area contributed by atoms with E-state index in [0.717, 1.165) is 18.3 Å². The maximum absolute atomic E-state index is 13.0. The Kier molecular flexibility index (Phi) is 8.50. The third-order valence-electron chi connectivity index (χ3n) is 5.10. The zero-order valence-electron chi connectivity index (χ0n) is 20.2. The van der Waals surface area contributed by atoms with Crippen molar-refractivity contribution in [2.24, 2.45) is 5.10 Å². The van der Waals surface area contributed by atoms with Gasteiger partial charge in [0.15, 0.2) is 0 Å². The molecule has 0 aliphatic heterocycles. The molecule has 194 valence electrons. The first-order valence-corrected chi connectivity index (χ1v) is 11.5. The molecule has 4 aromatic rings. The molecule has 0 aromatic heterocycles. The number of carbonyl (C=O) groups excluding carboxylic acids is 4. The smallest absolute Gasteiger partial charge is 0.343 e. The molecule has 4 rings (SSSR count). The van der Waals surface area contributed by atoms with Gasteiger partial charge in [0.1, 0.15) is 17.3 Å². The van der Waals surface area contributed by atoms with Crippen molar-refractivity contribution in [2.75, 3.05) is 5.32 Å². The molecule has 0 atom stereocenters. The number of benzene rings is 4. The second-order valence-electron chi connectivity index (χ2n) is 7.87. The monoisotopic (exact) mass is 525 g/mol. The topological polar surface area (TPSA) is 123 Å². The molecule has 0 aliphatic carbocycles. The summed E-state index contributed by atoms with van der Waals surface area (Å²) in [6, 6.07) is 25.6. The Hall–Kier alpha value is -5.64. The summed E-state index contributed by atoms with van der Waals surface area (Å²) in [6.45, 7) is 0. The maximum Gasteiger partial charge on any atom is 0.343 e. The van der Waals surface area contributed by atoms with E-state index in [1.807, 2.05) is 0 Å². The van der Waals surface area contributed by atoms with E-state index < -0.39 is 29.6 Å². The zero-order chi connectivity index (χ0) is 27.6. The molecule has 0 saturated heterocycles. The van der Waals surface area contributed by atoms with Crippen LogP contribution in [-0.2, 0) is 9.59 Å². The number of hydrogen-bond acceptors (Lipinski definition) is 7. The number of ether oxygens (including phenoxy) is 2. The minimum absolute atomic E-state index is 0.0176. The molecule has 0 heterocycles. The van der Waals surface area contributed by atoms with Crippen LogP contribution in [-0.4, -0.2) is 30.0 Å². The van der Waals surface area contributed by atoms with Crippen molar-refractivity contribution in [3.05, 3.63) is 126 Å². The molecule has 39 heavy (non-hydrogen) atoms. The molecule has 0 unspecified atom stereocenters. The molecule has 0 aliphatic rings. The van der Waals surface area contributed by atoms with E-state index in [-0.39, 0.29) is 28.3 Å². The van der Waals surface area contributed by atoms with Gasteiger partial charge in [0.05, 0.1) is 17.3 Å². The largest absolute Gasteiger partial charge is 0.423 e. The number of rotatable bonds is 7. The van der Waals surface area contributed by atoms with Crippen molar-refractivity contribution < 1.29 is 33.0 Å². The average molecular weight is 525 g/mol. The van der Waals surface area contributed by atoms with E-state index in [1.54, 1.807) is 60.7 Å². The van der Waals surface area contributed by atoms with Crippen LogP contribution in [0.5, 0.6) is 11.5 Å². The highest BCUT2D eigenvalue weighted by Crippen LogP contribution is 2.26. The summed E-state index contributed by atoms with van der Waals surface area (Å²) < 4.78 is 23.9. The van der Waals surface area contributed by atoms with Gasteiger partial charge in [0, 0.05) is 17.3 Å². The number of amides is 2. The van der Waals surface area contributed by atoms with Crippen LogP contribution in [0.15, 0.2) is 108 Å². The predicted octanol–water partition coefficient (Wildman–Crippen LogP) is 4.35. The maximum atomic E-state index is 13.0. The molecule has 4 aromatic carbocycles. The Morgan fingerprint density at radius 2 is 1.28 bits per heavy atom. The number of halogens is 1. The van der Waals surface area contributed by atoms with E-state index in [2.05, 4.69) is 15.8 Å². The van der Waals surface area contributed by atoms with Gasteiger partial charge in [-0.05, 0) is 60.7 Å². The Morgan fingerprint density at radius 3 is 1.90 bits per heavy atom. The summed E-state index contributed by atoms with van der Waals surface area (Å²) in [4.78, 5) is 49.3. The van der Waals surface area contributed by atoms with Gasteiger partial charge in [-0.25, -0.2) is 19.4 Å². The molecule has 2 amide bonds. The number of hydrazone groups is 1. The highest BCUT2D eigenvalue weighted by atomic mass is 19.1. The number of hydrogen-bond donors (Lipinski definition) is 2. The molecular formula is C29H20FN3O6. The summed E-state index contributed by atoms with van der Waals surface area (Å²) in [5.74, 6) is -3.83. The van der Waals surface area contributed by atoms with Gasteiger partial charge in [0.25, 0.3) is 0 Å². The van der Waals surface area contributed by atoms with Crippen molar-refractivity contribution in [2.45, 2.75) is 0 Å². The van der Waals surface area contributed by atoms with E-state index in [0.29, 0.717) is 5.56 Å². The fraction of sp³-hybridized carbons (Fsp3) is 0. The van der Waals surface area contributed by atoms with Crippen molar-refractivity contribution in [1.82, 2.24) is 5.43 Å². The first-order chi connectivity index (χ1) is 18.9. The van der Waals surface area contributed by atoms with Crippen LogP contribution >= 0.6 is 0 Å². The third kappa shape index (κ3) is 7.43. The Balaban J connectivity index is 1.49. The van der Waals surface area contributed by atoms with Crippen LogP contribution < -0.4 is 20.2 Å². The standard InChI is InChI=1S/C29H20FN3O6/c30-22-12-14-23(15-13-22)32-26(34)27(35)33-31-18-21-11-16-24(38-28(36)19-7-3-1-4-8-19)17-25(21)39-29(37)20-9-5-2-6-10-20/h1-18H,(H,32,34)(H,33,35). The molecule has 0 spiro atoms. The van der Waals surface area contributed by atoms with Crippen molar-refractivity contribution in [3.63, 3.8) is 0 Å². The minimum atomic E-state index is -1.09. The van der Waals surface area contributed by atoms with Crippen molar-refractivity contribution in [1.29, 1.82) is 0 Å². The lowest BCUT2D eigenvalue weighted by molar-refractivity contribution is -0.136. The summed E-state index contributed by atoms with van der Waals surface area (Å²) >= 11 is 0. The Bertz CT molecular complexity index is 1520. The lowest BCUT2D eigenvalue weighted by Gasteiger charge is -2.10. The molecule has 9 nitrogen and oxygen atoms in total. The van der Waals surface area contributed by atoms with Crippen LogP contribution in [0.25, 0.3) is 0 Å². The molecule has 0 bridgehead atoms. The minimum Gasteiger partial charge on any atom is -0.423 e. The summed E-state index contributed by atoms with van der Waals surface area (Å²) in [7, 11) is 0. The normalized spacial score (nSPS) is 10.5. The van der Waals surface area contributed by atoms with E-state index in [1.165, 1.54) is 30.3 Å². The van der Waals surface area contributed by atoms with Gasteiger partial charge in [0.2, 0.25) is 0 Å². The highest BCUT2D eigenvalue weighted by molar-refractivity contribution is 6.39. The fourth-order valence-corrected chi connectivity index (χ4v) is 3.18. The van der Waals surface area contributed by atoms with Crippen LogP contribution in [0.1, 0.15) is 26.3 Å². The van der Waals surface area contributed by atoms with Crippen molar-refractivity contribution >= 4 is 35.7 Å². The van der Waals surface area contributed by atoms with Crippen LogP contribution in [0, 0.1) is 5.82 Å². The van der Waals surface area contributed by atoms with Crippen molar-refractivity contribution in [3.8, 4) is 11.5 Å². The molecule has 0 radical (unpaired) electrons. The molecule has 0 fully saturated rings. The first-order valence-electron chi connectivity index (χ1n) is 11.5. The number of carbonyl (C=O) groups is 4. The zero-order valence-corrected chi connectivity index (χ0v) is 20.2. The van der Waals surface area contributed by atoms with E-state index in [9.17, 15) is 23.6 Å². The van der Waals surface area contributed by atoms with E-state index in [4.69, 9.17) is 9.47 Å². The summed E-state index contributed by atoms with van der Waals surface area (Å²) in [5, 5.41) is 6.06. The van der Waals surface area contributed by atoms with Gasteiger partial charge in [-0.2, -0.15) is 5.10 Å². The van der Waals surface area contributed by atoms with Crippen LogP contribution in [0.3, 0.4) is 0 Å². The molecule has 10 heteroatoms. The quantitative estimate of drug-likeness (QED) is 0.122. The van der Waals surface area contributed by atoms with E-state index >= 15 is 0 Å². The van der Waals surface area contributed by atoms with Crippen LogP contribution in [0.2, 0.25) is 0 Å². The molecule has 0 saturated carbocycles. The van der Waals surface area contributed by atoms with Gasteiger partial charge in [-0.15, -0.1) is 0 Å². The van der Waals surface area contributed by atoms with Crippen LogP contribution in [0.4, 0.5) is 10.1 Å².